The summed E-state index contributed by atoms with van der Waals surface area (Å²) in [4.78, 5) is 29.2. The molecule has 0 heterocycles. The Kier molecular flexibility index (Phi) is 12.2. The average Bonchev–Trinajstić information content (AvgIpc) is 2.60. The van der Waals surface area contributed by atoms with Crippen molar-refractivity contribution >= 4 is 29.9 Å². The van der Waals surface area contributed by atoms with E-state index in [4.69, 9.17) is 14.5 Å². The first-order chi connectivity index (χ1) is 12.9. The van der Waals surface area contributed by atoms with E-state index in [2.05, 4.69) is 16.0 Å². The molecule has 0 aliphatic heterocycles. The van der Waals surface area contributed by atoms with E-state index in [1.165, 1.54) is 0 Å². The fourth-order valence-corrected chi connectivity index (χ4v) is 3.73. The summed E-state index contributed by atoms with van der Waals surface area (Å²) in [5, 5.41) is 8.76. The van der Waals surface area contributed by atoms with Crippen molar-refractivity contribution in [3.05, 3.63) is 24.3 Å². The van der Waals surface area contributed by atoms with Gasteiger partial charge in [0.2, 0.25) is 0 Å². The number of benzene rings is 1. The summed E-state index contributed by atoms with van der Waals surface area (Å²) in [5.74, 6) is 1.18. The molecule has 0 atom stereocenters. The minimum absolute atomic E-state index is 0.219. The Hall–Kier alpha value is -1.25. The van der Waals surface area contributed by atoms with Gasteiger partial charge in [0.1, 0.15) is 5.75 Å². The van der Waals surface area contributed by atoms with Gasteiger partial charge in [0.15, 0.2) is 0 Å². The third-order valence-electron chi connectivity index (χ3n) is 3.53. The van der Waals surface area contributed by atoms with Crippen LogP contribution in [0.5, 0.6) is 5.75 Å². The molecule has 1 aromatic carbocycles. The van der Waals surface area contributed by atoms with Gasteiger partial charge in [-0.3, -0.25) is 0 Å². The number of urea groups is 1. The monoisotopic (exact) mass is 419 g/mol. The summed E-state index contributed by atoms with van der Waals surface area (Å²) in [6, 6.07) is 7.02. The van der Waals surface area contributed by atoms with E-state index in [0.717, 1.165) is 43.7 Å². The van der Waals surface area contributed by atoms with E-state index in [1.54, 1.807) is 12.1 Å². The van der Waals surface area contributed by atoms with Crippen LogP contribution in [0.4, 0.5) is 10.5 Å². The molecular formula is C17H30N3O5PS. The molecule has 27 heavy (non-hydrogen) atoms. The predicted molar refractivity (Wildman–Crippen MR) is 110 cm³/mol. The van der Waals surface area contributed by atoms with Crippen molar-refractivity contribution in [2.45, 2.75) is 32.6 Å². The van der Waals surface area contributed by atoms with Crippen LogP contribution in [0.25, 0.3) is 0 Å². The van der Waals surface area contributed by atoms with Gasteiger partial charge in [-0.05, 0) is 62.0 Å². The van der Waals surface area contributed by atoms with Crippen molar-refractivity contribution in [2.24, 2.45) is 0 Å². The number of hydrogen-bond acceptors (Lipinski definition) is 5. The van der Waals surface area contributed by atoms with E-state index >= 15 is 0 Å². The van der Waals surface area contributed by atoms with E-state index < -0.39 is 6.80 Å². The fourth-order valence-electron chi connectivity index (χ4n) is 2.27. The number of hydrogen-bond donors (Lipinski definition) is 5. The van der Waals surface area contributed by atoms with Crippen molar-refractivity contribution in [3.8, 4) is 5.75 Å². The first-order valence-electron chi connectivity index (χ1n) is 9.09. The van der Waals surface area contributed by atoms with Gasteiger partial charge < -0.3 is 30.5 Å². The number of anilines is 1. The minimum atomic E-state index is -3.94. The van der Waals surface area contributed by atoms with Crippen LogP contribution in [-0.4, -0.2) is 47.8 Å². The second-order valence-corrected chi connectivity index (χ2v) is 9.68. The van der Waals surface area contributed by atoms with Gasteiger partial charge >= 0.3 is 12.8 Å². The molecule has 0 unspecified atom stereocenters. The second-order valence-electron chi connectivity index (χ2n) is 5.83. The molecule has 0 radical (unpaired) electrons. The summed E-state index contributed by atoms with van der Waals surface area (Å²) < 4.78 is 16.0. The van der Waals surface area contributed by atoms with E-state index in [1.807, 2.05) is 19.1 Å². The highest BCUT2D eigenvalue weighted by Crippen LogP contribution is 2.49. The number of rotatable bonds is 14. The summed E-state index contributed by atoms with van der Waals surface area (Å²) in [5.41, 5.74) is 0.721. The first kappa shape index (κ1) is 23.8. The topological polar surface area (TPSA) is 120 Å². The lowest BCUT2D eigenvalue weighted by molar-refractivity contribution is 0.252. The number of ether oxygens (including phenoxy) is 1. The fraction of sp³-hybridized carbons (Fsp3) is 0.588. The molecule has 10 heteroatoms. The molecule has 0 bridgehead atoms. The number of carbonyl (C=O) groups is 1. The predicted octanol–water partition coefficient (Wildman–Crippen LogP) is 3.18. The van der Waals surface area contributed by atoms with E-state index in [9.17, 15) is 9.36 Å². The van der Waals surface area contributed by atoms with Crippen LogP contribution >= 0.6 is 18.2 Å². The zero-order valence-electron chi connectivity index (χ0n) is 15.6. The minimum Gasteiger partial charge on any atom is -0.494 e. The van der Waals surface area contributed by atoms with Gasteiger partial charge in [-0.1, -0.05) is 12.8 Å². The smallest absolute Gasteiger partial charge is 0.384 e. The van der Waals surface area contributed by atoms with Gasteiger partial charge in [0, 0.05) is 24.5 Å². The molecule has 0 aliphatic rings. The molecule has 5 N–H and O–H groups in total. The molecule has 0 saturated heterocycles. The third-order valence-corrected chi connectivity index (χ3v) is 5.81. The van der Waals surface area contributed by atoms with Crippen LogP contribution in [0.1, 0.15) is 32.6 Å². The molecule has 0 fully saturated rings. The van der Waals surface area contributed by atoms with Crippen LogP contribution in [0, 0.1) is 0 Å². The summed E-state index contributed by atoms with van der Waals surface area (Å²) >= 11 is 0.666. The summed E-state index contributed by atoms with van der Waals surface area (Å²) in [7, 11) is 0. The third kappa shape index (κ3) is 13.5. The Bertz CT molecular complexity index is 582. The second kappa shape index (κ2) is 13.8. The Morgan fingerprint density at radius 2 is 1.74 bits per heavy atom. The number of unbranched alkanes of at least 4 members (excludes halogenated alkanes) is 3. The van der Waals surface area contributed by atoms with Crippen molar-refractivity contribution in [1.29, 1.82) is 0 Å². The molecule has 154 valence electrons. The van der Waals surface area contributed by atoms with E-state index in [0.29, 0.717) is 36.8 Å². The highest BCUT2D eigenvalue weighted by Gasteiger charge is 2.11. The lowest BCUT2D eigenvalue weighted by Crippen LogP contribution is -2.29. The Balaban J connectivity index is 1.95. The molecule has 0 saturated carbocycles. The number of carbonyl (C=O) groups excluding carboxylic acids is 1. The summed E-state index contributed by atoms with van der Waals surface area (Å²) in [6.45, 7) is 0.621. The first-order valence-corrected chi connectivity index (χ1v) is 12.3. The number of nitrogens with one attached hydrogen (secondary N) is 3. The quantitative estimate of drug-likeness (QED) is 0.232. The maximum Gasteiger partial charge on any atom is 0.384 e. The molecule has 2 amide bonds. The molecular weight excluding hydrogens is 389 g/mol. The molecule has 0 aliphatic carbocycles. The largest absolute Gasteiger partial charge is 0.494 e. The van der Waals surface area contributed by atoms with Gasteiger partial charge in [-0.2, -0.15) is 0 Å². The van der Waals surface area contributed by atoms with Crippen molar-refractivity contribution in [1.82, 2.24) is 10.6 Å². The van der Waals surface area contributed by atoms with Crippen LogP contribution < -0.4 is 20.7 Å². The standard InChI is InChI=1S/C17H30N3O5PS/c1-2-25-16-9-7-15(8-10-16)20-17(21)19-12-6-4-3-5-11-18-13-14-27-26(22,23)24/h7-10,18H,2-6,11-14H2,1H3,(H2,19,20,21)(H2,22,23,24). The number of amides is 2. The van der Waals surface area contributed by atoms with Gasteiger partial charge in [0.05, 0.1) is 6.61 Å². The average molecular weight is 419 g/mol. The Morgan fingerprint density at radius 1 is 1.07 bits per heavy atom. The zero-order chi connectivity index (χ0) is 20.0. The van der Waals surface area contributed by atoms with Crippen molar-refractivity contribution in [3.63, 3.8) is 0 Å². The Labute approximate surface area is 164 Å². The van der Waals surface area contributed by atoms with Crippen LogP contribution in [0.15, 0.2) is 24.3 Å². The molecule has 8 nitrogen and oxygen atoms in total. The molecule has 1 aromatic rings. The van der Waals surface area contributed by atoms with Crippen molar-refractivity contribution < 1.29 is 23.9 Å². The molecule has 0 aromatic heterocycles. The summed E-state index contributed by atoms with van der Waals surface area (Å²) in [6.07, 6.45) is 3.97. The molecule has 1 rings (SSSR count). The Morgan fingerprint density at radius 3 is 2.37 bits per heavy atom. The van der Waals surface area contributed by atoms with Crippen LogP contribution in [0.3, 0.4) is 0 Å². The van der Waals surface area contributed by atoms with Gasteiger partial charge in [-0.15, -0.1) is 0 Å². The highest BCUT2D eigenvalue weighted by atomic mass is 32.7. The van der Waals surface area contributed by atoms with Crippen LogP contribution in [-0.2, 0) is 4.57 Å². The highest BCUT2D eigenvalue weighted by molar-refractivity contribution is 8.54. The lowest BCUT2D eigenvalue weighted by Gasteiger charge is -2.09. The van der Waals surface area contributed by atoms with Gasteiger partial charge in [-0.25, -0.2) is 9.36 Å². The SMILES string of the molecule is CCOc1ccc(NC(=O)NCCCCCCNCCSP(=O)(O)O)cc1. The maximum atomic E-state index is 11.8. The normalized spacial score (nSPS) is 11.2. The van der Waals surface area contributed by atoms with Crippen LogP contribution in [0.2, 0.25) is 0 Å². The van der Waals surface area contributed by atoms with Crippen molar-refractivity contribution in [2.75, 3.05) is 37.3 Å². The van der Waals surface area contributed by atoms with E-state index in [-0.39, 0.29) is 6.03 Å². The maximum absolute atomic E-state index is 11.8. The van der Waals surface area contributed by atoms with Gasteiger partial charge in [0.25, 0.3) is 0 Å². The molecule has 0 spiro atoms. The zero-order valence-corrected chi connectivity index (χ0v) is 17.4. The lowest BCUT2D eigenvalue weighted by atomic mass is 10.2.